The van der Waals surface area contributed by atoms with E-state index >= 15 is 0 Å². The maximum absolute atomic E-state index is 11.7. The predicted octanol–water partition coefficient (Wildman–Crippen LogP) is 1.16. The average molecular weight is 313 g/mol. The van der Waals surface area contributed by atoms with Crippen LogP contribution in [0.3, 0.4) is 0 Å². The first-order valence-corrected chi connectivity index (χ1v) is 8.39. The van der Waals surface area contributed by atoms with Crippen LogP contribution in [0, 0.1) is 0 Å². The molecule has 6 nitrogen and oxygen atoms in total. The number of hydrogen-bond donors (Lipinski definition) is 1. The Morgan fingerprint density at radius 1 is 1.24 bits per heavy atom. The average Bonchev–Trinajstić information content (AvgIpc) is 2.43. The third kappa shape index (κ3) is 5.55. The molecule has 1 amide bonds. The molecule has 0 radical (unpaired) electrons. The Hall–Kier alpha value is -1.89. The molecule has 21 heavy (non-hydrogen) atoms. The zero-order valence-electron chi connectivity index (χ0n) is 12.3. The molecule has 1 atom stereocenters. The summed E-state index contributed by atoms with van der Waals surface area (Å²) in [5.41, 5.74) is 0.193. The Morgan fingerprint density at radius 2 is 1.81 bits per heavy atom. The van der Waals surface area contributed by atoms with Crippen molar-refractivity contribution in [3.63, 3.8) is 0 Å². The third-order valence-corrected chi connectivity index (χ3v) is 4.00. The van der Waals surface area contributed by atoms with Gasteiger partial charge in [0, 0.05) is 12.3 Å². The molecule has 1 aromatic rings. The van der Waals surface area contributed by atoms with Gasteiger partial charge in [-0.05, 0) is 37.6 Å². The second kappa shape index (κ2) is 7.21. The van der Waals surface area contributed by atoms with Crippen LogP contribution in [0.5, 0.6) is 0 Å². The van der Waals surface area contributed by atoms with Crippen LogP contribution in [0.2, 0.25) is 0 Å². The van der Waals surface area contributed by atoms with Gasteiger partial charge in [0.2, 0.25) is 0 Å². The van der Waals surface area contributed by atoms with Crippen molar-refractivity contribution in [3.8, 4) is 0 Å². The van der Waals surface area contributed by atoms with Crippen LogP contribution in [0.4, 0.5) is 0 Å². The highest BCUT2D eigenvalue weighted by Crippen LogP contribution is 2.11. The van der Waals surface area contributed by atoms with E-state index in [1.54, 1.807) is 0 Å². The summed E-state index contributed by atoms with van der Waals surface area (Å²) in [6.45, 7) is 3.42. The summed E-state index contributed by atoms with van der Waals surface area (Å²) in [7, 11) is -3.30. The Kier molecular flexibility index (Phi) is 5.90. The zero-order valence-corrected chi connectivity index (χ0v) is 13.1. The lowest BCUT2D eigenvalue weighted by atomic mass is 10.2. The van der Waals surface area contributed by atoms with Gasteiger partial charge in [0.25, 0.3) is 5.91 Å². The van der Waals surface area contributed by atoms with E-state index in [9.17, 15) is 18.0 Å². The minimum Gasteiger partial charge on any atom is -0.452 e. The number of carbonyl (C=O) groups is 2. The van der Waals surface area contributed by atoms with Gasteiger partial charge in [0.1, 0.15) is 0 Å². The van der Waals surface area contributed by atoms with E-state index in [0.717, 1.165) is 12.7 Å². The Labute approximate surface area is 124 Å². The molecule has 1 N–H and O–H groups in total. The van der Waals surface area contributed by atoms with Gasteiger partial charge in [-0.3, -0.25) is 4.79 Å². The van der Waals surface area contributed by atoms with Gasteiger partial charge in [-0.1, -0.05) is 6.92 Å². The quantitative estimate of drug-likeness (QED) is 0.796. The summed E-state index contributed by atoms with van der Waals surface area (Å²) in [6, 6.07) is 5.37. The fourth-order valence-corrected chi connectivity index (χ4v) is 2.10. The van der Waals surface area contributed by atoms with E-state index in [-0.39, 0.29) is 29.0 Å². The third-order valence-electron chi connectivity index (χ3n) is 2.87. The topological polar surface area (TPSA) is 89.5 Å². The molecule has 0 spiro atoms. The van der Waals surface area contributed by atoms with Crippen LogP contribution in [-0.2, 0) is 19.4 Å². The van der Waals surface area contributed by atoms with Gasteiger partial charge in [-0.25, -0.2) is 13.2 Å². The molecule has 0 aliphatic carbocycles. The largest absolute Gasteiger partial charge is 0.452 e. The lowest BCUT2D eigenvalue weighted by Gasteiger charge is -2.11. The van der Waals surface area contributed by atoms with Crippen molar-refractivity contribution in [2.75, 3.05) is 12.9 Å². The van der Waals surface area contributed by atoms with Crippen LogP contribution < -0.4 is 5.32 Å². The van der Waals surface area contributed by atoms with E-state index in [2.05, 4.69) is 5.32 Å². The molecular weight excluding hydrogens is 294 g/mol. The molecule has 0 fully saturated rings. The summed E-state index contributed by atoms with van der Waals surface area (Å²) in [5, 5.41) is 2.67. The molecule has 116 valence electrons. The minimum atomic E-state index is -3.30. The smallest absolute Gasteiger partial charge is 0.338 e. The molecule has 0 saturated carbocycles. The number of rotatable bonds is 6. The van der Waals surface area contributed by atoms with Crippen LogP contribution in [0.1, 0.15) is 30.6 Å². The van der Waals surface area contributed by atoms with Crippen molar-refractivity contribution in [3.05, 3.63) is 29.8 Å². The summed E-state index contributed by atoms with van der Waals surface area (Å²) < 4.78 is 27.4. The molecule has 0 aromatic heterocycles. The SMILES string of the molecule is CC[C@H](C)NC(=O)COC(=O)c1ccc(S(C)(=O)=O)cc1. The van der Waals surface area contributed by atoms with Gasteiger partial charge >= 0.3 is 5.97 Å². The van der Waals surface area contributed by atoms with E-state index in [1.807, 2.05) is 13.8 Å². The van der Waals surface area contributed by atoms with Gasteiger partial charge in [-0.2, -0.15) is 0 Å². The number of benzene rings is 1. The Bertz CT molecular complexity index is 607. The highest BCUT2D eigenvalue weighted by Gasteiger charge is 2.13. The molecular formula is C14H19NO5S. The molecule has 0 bridgehead atoms. The van der Waals surface area contributed by atoms with Crippen molar-refractivity contribution < 1.29 is 22.7 Å². The maximum Gasteiger partial charge on any atom is 0.338 e. The number of ether oxygens (including phenoxy) is 1. The van der Waals surface area contributed by atoms with Crippen molar-refractivity contribution in [1.82, 2.24) is 5.32 Å². The molecule has 7 heteroatoms. The summed E-state index contributed by atoms with van der Waals surface area (Å²) in [5.74, 6) is -1.04. The van der Waals surface area contributed by atoms with E-state index in [0.29, 0.717) is 0 Å². The summed E-state index contributed by atoms with van der Waals surface area (Å²) >= 11 is 0. The number of nitrogens with one attached hydrogen (secondary N) is 1. The lowest BCUT2D eigenvalue weighted by molar-refractivity contribution is -0.124. The Morgan fingerprint density at radius 3 is 2.29 bits per heavy atom. The molecule has 1 aromatic carbocycles. The van der Waals surface area contributed by atoms with Gasteiger partial charge in [0.05, 0.1) is 10.5 Å². The molecule has 0 saturated heterocycles. The summed E-state index contributed by atoms with van der Waals surface area (Å²) in [4.78, 5) is 23.3. The van der Waals surface area contributed by atoms with E-state index in [1.165, 1.54) is 24.3 Å². The van der Waals surface area contributed by atoms with Crippen molar-refractivity contribution >= 4 is 21.7 Å². The molecule has 0 aliphatic heterocycles. The second-order valence-corrected chi connectivity index (χ2v) is 6.77. The first kappa shape index (κ1) is 17.2. The van der Waals surface area contributed by atoms with E-state index in [4.69, 9.17) is 4.74 Å². The van der Waals surface area contributed by atoms with Crippen molar-refractivity contribution in [1.29, 1.82) is 0 Å². The number of amides is 1. The highest BCUT2D eigenvalue weighted by atomic mass is 32.2. The normalized spacial score (nSPS) is 12.5. The first-order valence-electron chi connectivity index (χ1n) is 6.50. The monoisotopic (exact) mass is 313 g/mol. The molecule has 0 aliphatic rings. The molecule has 0 heterocycles. The Balaban J connectivity index is 2.59. The number of sulfone groups is 1. The predicted molar refractivity (Wildman–Crippen MR) is 77.7 cm³/mol. The van der Waals surface area contributed by atoms with Gasteiger partial charge < -0.3 is 10.1 Å². The fourth-order valence-electron chi connectivity index (χ4n) is 1.47. The number of esters is 1. The van der Waals surface area contributed by atoms with Crippen LogP contribution in [-0.4, -0.2) is 39.2 Å². The minimum absolute atomic E-state index is 0.0187. The van der Waals surface area contributed by atoms with Crippen LogP contribution >= 0.6 is 0 Å². The van der Waals surface area contributed by atoms with Crippen molar-refractivity contribution in [2.45, 2.75) is 31.2 Å². The second-order valence-electron chi connectivity index (χ2n) is 4.75. The first-order chi connectivity index (χ1) is 9.74. The van der Waals surface area contributed by atoms with Crippen molar-refractivity contribution in [2.24, 2.45) is 0 Å². The van der Waals surface area contributed by atoms with Crippen LogP contribution in [0.15, 0.2) is 29.2 Å². The molecule has 1 rings (SSSR count). The fraction of sp³-hybridized carbons (Fsp3) is 0.429. The van der Waals surface area contributed by atoms with Crippen LogP contribution in [0.25, 0.3) is 0 Å². The lowest BCUT2D eigenvalue weighted by Crippen LogP contribution is -2.35. The van der Waals surface area contributed by atoms with E-state index < -0.39 is 15.8 Å². The van der Waals surface area contributed by atoms with Gasteiger partial charge in [0.15, 0.2) is 16.4 Å². The maximum atomic E-state index is 11.7. The number of hydrogen-bond acceptors (Lipinski definition) is 5. The van der Waals surface area contributed by atoms with Gasteiger partial charge in [-0.15, -0.1) is 0 Å². The number of carbonyl (C=O) groups excluding carboxylic acids is 2. The standard InChI is InChI=1S/C14H19NO5S/c1-4-10(2)15-13(16)9-20-14(17)11-5-7-12(8-6-11)21(3,18)19/h5-8,10H,4,9H2,1-3H3,(H,15,16)/t10-/m0/s1. The molecule has 0 unspecified atom stereocenters. The zero-order chi connectivity index (χ0) is 16.0. The summed E-state index contributed by atoms with van der Waals surface area (Å²) in [6.07, 6.45) is 1.87. The highest BCUT2D eigenvalue weighted by molar-refractivity contribution is 7.90.